The van der Waals surface area contributed by atoms with Crippen LogP contribution in [0.2, 0.25) is 0 Å². The quantitative estimate of drug-likeness (QED) is 0.618. The van der Waals surface area contributed by atoms with E-state index in [1.165, 1.54) is 6.08 Å². The van der Waals surface area contributed by atoms with Gasteiger partial charge in [-0.05, 0) is 36.3 Å². The Balaban J connectivity index is 1.89. The second-order valence-corrected chi connectivity index (χ2v) is 5.53. The predicted molar refractivity (Wildman–Crippen MR) is 92.2 cm³/mol. The van der Waals surface area contributed by atoms with Crippen LogP contribution in [0.1, 0.15) is 16.7 Å². The van der Waals surface area contributed by atoms with Gasteiger partial charge in [-0.15, -0.1) is 0 Å². The fourth-order valence-corrected chi connectivity index (χ4v) is 2.45. The molecule has 114 valence electrons. The van der Waals surface area contributed by atoms with E-state index in [9.17, 15) is 4.79 Å². The van der Waals surface area contributed by atoms with Crippen LogP contribution in [-0.2, 0) is 9.53 Å². The van der Waals surface area contributed by atoms with Crippen LogP contribution in [0.3, 0.4) is 0 Å². The molecule has 0 aromatic heterocycles. The van der Waals surface area contributed by atoms with Gasteiger partial charge in [0.25, 0.3) is 0 Å². The number of hydrogen-bond donors (Lipinski definition) is 0. The number of nitrogens with zero attached hydrogens (tertiary/aromatic N) is 1. The first-order valence-electron chi connectivity index (χ1n) is 7.14. The molecule has 0 saturated carbocycles. The first-order valence-corrected chi connectivity index (χ1v) is 7.52. The number of halogens is 1. The summed E-state index contributed by atoms with van der Waals surface area (Å²) in [7, 11) is 0. The number of allylic oxidation sites excluding steroid dienone is 2. The highest BCUT2D eigenvalue weighted by molar-refractivity contribution is 6.33. The van der Waals surface area contributed by atoms with Crippen molar-refractivity contribution in [2.24, 2.45) is 4.99 Å². The fourth-order valence-electron chi connectivity index (χ4n) is 2.22. The van der Waals surface area contributed by atoms with Crippen molar-refractivity contribution in [1.29, 1.82) is 0 Å². The molecule has 1 heterocycles. The summed E-state index contributed by atoms with van der Waals surface area (Å²) in [5.74, 6) is -0.189. The first kappa shape index (κ1) is 15.3. The maximum atomic E-state index is 12.0. The zero-order chi connectivity index (χ0) is 16.2. The third-order valence-electron chi connectivity index (χ3n) is 3.37. The molecule has 4 heteroatoms. The number of benzene rings is 2. The van der Waals surface area contributed by atoms with E-state index in [1.807, 2.05) is 61.5 Å². The number of esters is 1. The molecule has 0 radical (unpaired) electrons. The Labute approximate surface area is 139 Å². The smallest absolute Gasteiger partial charge is 0.363 e. The van der Waals surface area contributed by atoms with Crippen molar-refractivity contribution in [2.45, 2.75) is 6.92 Å². The maximum absolute atomic E-state index is 12.0. The number of rotatable bonds is 3. The fraction of sp³-hybridized carbons (Fsp3) is 0.0526. The summed E-state index contributed by atoms with van der Waals surface area (Å²) in [5, 5.41) is 0.415. The molecule has 0 bridgehead atoms. The zero-order valence-corrected chi connectivity index (χ0v) is 13.2. The Bertz CT molecular complexity index is 835. The molecule has 0 amide bonds. The lowest BCUT2D eigenvalue weighted by molar-refractivity contribution is -0.130. The van der Waals surface area contributed by atoms with E-state index in [-0.39, 0.29) is 5.70 Å². The lowest BCUT2D eigenvalue weighted by Crippen LogP contribution is -2.06. The standard InChI is InChI=1S/C19H14ClNO2/c1-13-7-5-6-10-16(13)18-21-17(19(22)23-18)12-15(20)11-14-8-3-2-4-9-14/h2-12H,1H3. The number of aryl methyl sites for hydroxylation is 1. The van der Waals surface area contributed by atoms with Crippen LogP contribution < -0.4 is 0 Å². The summed E-state index contributed by atoms with van der Waals surface area (Å²) < 4.78 is 5.25. The molecule has 0 saturated heterocycles. The summed E-state index contributed by atoms with van der Waals surface area (Å²) in [6.45, 7) is 1.94. The van der Waals surface area contributed by atoms with Gasteiger partial charge < -0.3 is 4.74 Å². The maximum Gasteiger partial charge on any atom is 0.363 e. The minimum atomic E-state index is -0.497. The van der Waals surface area contributed by atoms with Gasteiger partial charge in [-0.2, -0.15) is 0 Å². The molecule has 3 rings (SSSR count). The van der Waals surface area contributed by atoms with Gasteiger partial charge in [0.2, 0.25) is 5.90 Å². The van der Waals surface area contributed by atoms with Gasteiger partial charge in [0.05, 0.1) is 0 Å². The third-order valence-corrected chi connectivity index (χ3v) is 3.59. The van der Waals surface area contributed by atoms with Crippen molar-refractivity contribution in [2.75, 3.05) is 0 Å². The van der Waals surface area contributed by atoms with Crippen LogP contribution in [0.25, 0.3) is 6.08 Å². The minimum absolute atomic E-state index is 0.195. The van der Waals surface area contributed by atoms with Crippen LogP contribution in [0, 0.1) is 6.92 Å². The predicted octanol–water partition coefficient (Wildman–Crippen LogP) is 4.46. The Morgan fingerprint density at radius 1 is 1.09 bits per heavy atom. The van der Waals surface area contributed by atoms with Gasteiger partial charge in [0.15, 0.2) is 5.70 Å². The number of carbonyl (C=O) groups is 1. The second kappa shape index (κ2) is 6.63. The van der Waals surface area contributed by atoms with Gasteiger partial charge in [0.1, 0.15) is 0 Å². The van der Waals surface area contributed by atoms with Crippen LogP contribution in [0.5, 0.6) is 0 Å². The molecule has 2 aromatic rings. The van der Waals surface area contributed by atoms with Crippen LogP contribution in [0.4, 0.5) is 0 Å². The van der Waals surface area contributed by atoms with Gasteiger partial charge in [-0.3, -0.25) is 0 Å². The summed E-state index contributed by atoms with van der Waals surface area (Å²) >= 11 is 6.19. The molecule has 1 aliphatic heterocycles. The van der Waals surface area contributed by atoms with E-state index in [1.54, 1.807) is 6.08 Å². The topological polar surface area (TPSA) is 38.7 Å². The third kappa shape index (κ3) is 3.58. The summed E-state index contributed by atoms with van der Waals surface area (Å²) in [4.78, 5) is 16.2. The summed E-state index contributed by atoms with van der Waals surface area (Å²) in [6.07, 6.45) is 3.28. The SMILES string of the molecule is Cc1ccccc1C1=NC(=CC(Cl)=Cc2ccccc2)C(=O)O1. The molecule has 0 aliphatic carbocycles. The van der Waals surface area contributed by atoms with E-state index in [0.717, 1.165) is 16.7 Å². The molecular formula is C19H14ClNO2. The minimum Gasteiger partial charge on any atom is -0.402 e. The monoisotopic (exact) mass is 323 g/mol. The van der Waals surface area contributed by atoms with Gasteiger partial charge in [-0.25, -0.2) is 9.79 Å². The normalized spacial score (nSPS) is 16.4. The van der Waals surface area contributed by atoms with E-state index < -0.39 is 5.97 Å². The van der Waals surface area contributed by atoms with Crippen molar-refractivity contribution in [3.05, 3.63) is 88.1 Å². The lowest BCUT2D eigenvalue weighted by Gasteiger charge is -2.02. The highest BCUT2D eigenvalue weighted by atomic mass is 35.5. The van der Waals surface area contributed by atoms with Gasteiger partial charge in [0, 0.05) is 10.6 Å². The zero-order valence-electron chi connectivity index (χ0n) is 12.5. The number of ether oxygens (including phenoxy) is 1. The molecule has 2 aromatic carbocycles. The largest absolute Gasteiger partial charge is 0.402 e. The van der Waals surface area contributed by atoms with E-state index in [0.29, 0.717) is 10.9 Å². The Morgan fingerprint density at radius 3 is 2.52 bits per heavy atom. The average molecular weight is 324 g/mol. The molecule has 1 aliphatic rings. The van der Waals surface area contributed by atoms with Crippen LogP contribution in [0.15, 0.2) is 76.4 Å². The Morgan fingerprint density at radius 2 is 1.78 bits per heavy atom. The van der Waals surface area contributed by atoms with E-state index in [4.69, 9.17) is 16.3 Å². The van der Waals surface area contributed by atoms with E-state index in [2.05, 4.69) is 4.99 Å². The number of aliphatic imine (C=N–C) groups is 1. The van der Waals surface area contributed by atoms with Crippen molar-refractivity contribution in [3.63, 3.8) is 0 Å². The van der Waals surface area contributed by atoms with E-state index >= 15 is 0 Å². The number of cyclic esters (lactones) is 1. The van der Waals surface area contributed by atoms with Crippen molar-refractivity contribution < 1.29 is 9.53 Å². The average Bonchev–Trinajstić information content (AvgIpc) is 2.89. The van der Waals surface area contributed by atoms with Crippen molar-refractivity contribution in [1.82, 2.24) is 0 Å². The first-order chi connectivity index (χ1) is 11.1. The van der Waals surface area contributed by atoms with Crippen LogP contribution in [-0.4, -0.2) is 11.9 Å². The molecule has 0 spiro atoms. The molecule has 23 heavy (non-hydrogen) atoms. The number of carbonyl (C=O) groups excluding carboxylic acids is 1. The molecule has 3 nitrogen and oxygen atoms in total. The van der Waals surface area contributed by atoms with Gasteiger partial charge >= 0.3 is 5.97 Å². The van der Waals surface area contributed by atoms with Crippen molar-refractivity contribution in [3.8, 4) is 0 Å². The summed E-state index contributed by atoms with van der Waals surface area (Å²) in [5.41, 5.74) is 2.93. The summed E-state index contributed by atoms with van der Waals surface area (Å²) in [6, 6.07) is 17.2. The molecule has 0 fully saturated rings. The highest BCUT2D eigenvalue weighted by Crippen LogP contribution is 2.21. The van der Waals surface area contributed by atoms with Crippen molar-refractivity contribution >= 4 is 29.5 Å². The Hall–Kier alpha value is -2.65. The Kier molecular flexibility index (Phi) is 4.40. The van der Waals surface area contributed by atoms with Crippen LogP contribution >= 0.6 is 11.6 Å². The second-order valence-electron chi connectivity index (χ2n) is 5.09. The highest BCUT2D eigenvalue weighted by Gasteiger charge is 2.25. The molecule has 0 unspecified atom stereocenters. The number of hydrogen-bond acceptors (Lipinski definition) is 3. The molecule has 0 N–H and O–H groups in total. The molecular weight excluding hydrogens is 310 g/mol. The molecule has 0 atom stereocenters. The lowest BCUT2D eigenvalue weighted by atomic mass is 10.1. The van der Waals surface area contributed by atoms with Gasteiger partial charge in [-0.1, -0.05) is 60.1 Å².